The molecule has 6 nitrogen and oxygen atoms in total. The van der Waals surface area contributed by atoms with Crippen LogP contribution < -0.4 is 0 Å². The fraction of sp³-hybridized carbons (Fsp3) is 0.571. The molecule has 6 heteroatoms. The standard InChI is InChI=1S/C77H120O6/c1-4-7-10-13-16-19-22-25-28-30-31-32-33-34-35-36-37-38-39-40-41-42-43-44-45-47-49-52-55-58-61-64-67-70-76(79)82-73-74(72-81-75(78)69-66-63-60-57-54-51-48-27-24-21-18-15-12-9-6-3)83-77(80)71-68-65-62-59-56-53-50-46-29-26-23-20-17-14-11-8-5-2/h7-12,16-21,25-29,31-32,34-35,37-38,40-41,43-44,48,50,53,74H,4-6,13-15,22-24,30,33,36,39,42,45-47,49,51-52,54-73H2,1-3H3/b10-7-,11-8-,12-9-,19-16-,20-17-,21-18-,28-25-,29-26-,32-31-,35-34-,38-37-,41-40-,44-43-,48-27-,53-50-. The molecule has 0 N–H and O–H groups in total. The van der Waals surface area contributed by atoms with Crippen LogP contribution in [0.4, 0.5) is 0 Å². The van der Waals surface area contributed by atoms with E-state index >= 15 is 0 Å². The van der Waals surface area contributed by atoms with Crippen molar-refractivity contribution >= 4 is 17.9 Å². The first-order valence-corrected chi connectivity index (χ1v) is 33.3. The molecule has 0 heterocycles. The molecule has 0 amide bonds. The molecule has 0 aromatic heterocycles. The molecular formula is C77H120O6. The molecule has 0 saturated carbocycles. The van der Waals surface area contributed by atoms with E-state index in [-0.39, 0.29) is 37.5 Å². The minimum atomic E-state index is -0.813. The van der Waals surface area contributed by atoms with Gasteiger partial charge in [0.05, 0.1) is 0 Å². The summed E-state index contributed by atoms with van der Waals surface area (Å²) in [4.78, 5) is 38.4. The number of rotatable bonds is 58. The highest BCUT2D eigenvalue weighted by molar-refractivity contribution is 5.71. The van der Waals surface area contributed by atoms with Crippen LogP contribution in [0.15, 0.2) is 182 Å². The van der Waals surface area contributed by atoms with Gasteiger partial charge >= 0.3 is 17.9 Å². The van der Waals surface area contributed by atoms with E-state index in [2.05, 4.69) is 203 Å². The number of unbranched alkanes of at least 4 members (excludes halogenated alkanes) is 17. The Bertz CT molecular complexity index is 1940. The summed E-state index contributed by atoms with van der Waals surface area (Å²) in [6.07, 6.45) is 103. The van der Waals surface area contributed by atoms with Gasteiger partial charge in [0, 0.05) is 19.3 Å². The minimum absolute atomic E-state index is 0.106. The van der Waals surface area contributed by atoms with Gasteiger partial charge in [-0.2, -0.15) is 0 Å². The average Bonchev–Trinajstić information content (AvgIpc) is 3.49. The Kier molecular flexibility index (Phi) is 64.4. The maximum absolute atomic E-state index is 12.9. The van der Waals surface area contributed by atoms with E-state index in [9.17, 15) is 14.4 Å². The number of carbonyl (C=O) groups excluding carboxylic acids is 3. The molecule has 0 saturated heterocycles. The molecule has 0 aliphatic rings. The minimum Gasteiger partial charge on any atom is -0.462 e. The SMILES string of the molecule is CC/C=C\C/C=C\C/C=C\C/C=C\C/C=C\C/C=C\C/C=C\C/C=C\CCCCCCCCCCC(=O)OCC(COC(=O)CCCCCCC/C=C\C/C=C\C/C=C\CC)OC(=O)CCCCCC/C=C\C/C=C\C/C=C\C/C=C\CC. The third-order valence-corrected chi connectivity index (χ3v) is 13.4. The van der Waals surface area contributed by atoms with Crippen LogP contribution in [-0.4, -0.2) is 37.2 Å². The van der Waals surface area contributed by atoms with E-state index in [1.807, 2.05) is 0 Å². The van der Waals surface area contributed by atoms with Gasteiger partial charge in [0.25, 0.3) is 0 Å². The van der Waals surface area contributed by atoms with Crippen molar-refractivity contribution in [3.63, 3.8) is 0 Å². The van der Waals surface area contributed by atoms with Gasteiger partial charge in [-0.25, -0.2) is 0 Å². The predicted octanol–water partition coefficient (Wildman–Crippen LogP) is 23.2. The summed E-state index contributed by atoms with van der Waals surface area (Å²) in [5, 5.41) is 0. The molecular weight excluding hydrogens is 1020 g/mol. The first kappa shape index (κ1) is 77.5. The quantitative estimate of drug-likeness (QED) is 0.0261. The molecule has 83 heavy (non-hydrogen) atoms. The Hall–Kier alpha value is -5.49. The van der Waals surface area contributed by atoms with Crippen LogP contribution in [0.1, 0.15) is 265 Å². The van der Waals surface area contributed by atoms with Gasteiger partial charge in [-0.05, 0) is 154 Å². The molecule has 0 spiro atoms. The topological polar surface area (TPSA) is 78.9 Å². The van der Waals surface area contributed by atoms with Crippen LogP contribution in [0, 0.1) is 0 Å². The van der Waals surface area contributed by atoms with Gasteiger partial charge < -0.3 is 14.2 Å². The summed E-state index contributed by atoms with van der Waals surface area (Å²) >= 11 is 0. The summed E-state index contributed by atoms with van der Waals surface area (Å²) in [5.74, 6) is -0.960. The number of esters is 3. The summed E-state index contributed by atoms with van der Waals surface area (Å²) in [7, 11) is 0. The zero-order chi connectivity index (χ0) is 59.9. The van der Waals surface area contributed by atoms with Gasteiger partial charge in [0.15, 0.2) is 6.10 Å². The fourth-order valence-corrected chi connectivity index (χ4v) is 8.52. The third-order valence-electron chi connectivity index (χ3n) is 13.4. The fourth-order valence-electron chi connectivity index (χ4n) is 8.52. The molecule has 1 unspecified atom stereocenters. The van der Waals surface area contributed by atoms with Crippen LogP contribution >= 0.6 is 0 Å². The van der Waals surface area contributed by atoms with Gasteiger partial charge in [0.2, 0.25) is 0 Å². The monoisotopic (exact) mass is 1140 g/mol. The van der Waals surface area contributed by atoms with Crippen molar-refractivity contribution in [2.45, 2.75) is 271 Å². The first-order chi connectivity index (χ1) is 41.0. The van der Waals surface area contributed by atoms with Crippen molar-refractivity contribution in [3.05, 3.63) is 182 Å². The Morgan fingerprint density at radius 2 is 0.434 bits per heavy atom. The molecule has 464 valence electrons. The van der Waals surface area contributed by atoms with Crippen molar-refractivity contribution < 1.29 is 28.6 Å². The number of hydrogen-bond donors (Lipinski definition) is 0. The molecule has 0 rings (SSSR count). The molecule has 1 atom stereocenters. The van der Waals surface area contributed by atoms with E-state index in [4.69, 9.17) is 14.2 Å². The van der Waals surface area contributed by atoms with Crippen LogP contribution in [0.25, 0.3) is 0 Å². The lowest BCUT2D eigenvalue weighted by Gasteiger charge is -2.18. The van der Waals surface area contributed by atoms with Gasteiger partial charge in [-0.3, -0.25) is 14.4 Å². The maximum atomic E-state index is 12.9. The normalized spacial score (nSPS) is 13.3. The van der Waals surface area contributed by atoms with E-state index < -0.39 is 6.10 Å². The number of ether oxygens (including phenoxy) is 3. The van der Waals surface area contributed by atoms with Crippen LogP contribution in [0.2, 0.25) is 0 Å². The Balaban J connectivity index is 4.38. The molecule has 0 aromatic carbocycles. The van der Waals surface area contributed by atoms with Gasteiger partial charge in [-0.15, -0.1) is 0 Å². The van der Waals surface area contributed by atoms with Crippen LogP contribution in [-0.2, 0) is 28.6 Å². The largest absolute Gasteiger partial charge is 0.462 e. The summed E-state index contributed by atoms with van der Waals surface area (Å²) in [6, 6.07) is 0. The molecule has 0 aromatic rings. The number of allylic oxidation sites excluding steroid dienone is 30. The highest BCUT2D eigenvalue weighted by Crippen LogP contribution is 2.14. The lowest BCUT2D eigenvalue weighted by atomic mass is 10.1. The van der Waals surface area contributed by atoms with Gasteiger partial charge in [-0.1, -0.05) is 274 Å². The second-order valence-electron chi connectivity index (χ2n) is 21.2. The highest BCUT2D eigenvalue weighted by Gasteiger charge is 2.19. The predicted molar refractivity (Wildman–Crippen MR) is 361 cm³/mol. The van der Waals surface area contributed by atoms with Crippen LogP contribution in [0.3, 0.4) is 0 Å². The van der Waals surface area contributed by atoms with Gasteiger partial charge in [0.1, 0.15) is 13.2 Å². The molecule has 0 radical (unpaired) electrons. The Labute approximate surface area is 510 Å². The Morgan fingerprint density at radius 1 is 0.241 bits per heavy atom. The van der Waals surface area contributed by atoms with Crippen molar-refractivity contribution in [1.29, 1.82) is 0 Å². The second-order valence-corrected chi connectivity index (χ2v) is 21.2. The Morgan fingerprint density at radius 3 is 0.675 bits per heavy atom. The smallest absolute Gasteiger partial charge is 0.306 e. The summed E-state index contributed by atoms with van der Waals surface area (Å²) < 4.78 is 16.9. The summed E-state index contributed by atoms with van der Waals surface area (Å²) in [6.45, 7) is 6.25. The van der Waals surface area contributed by atoms with Crippen LogP contribution in [0.5, 0.6) is 0 Å². The summed E-state index contributed by atoms with van der Waals surface area (Å²) in [5.41, 5.74) is 0. The highest BCUT2D eigenvalue weighted by atomic mass is 16.6. The average molecular weight is 1140 g/mol. The zero-order valence-corrected chi connectivity index (χ0v) is 53.1. The first-order valence-electron chi connectivity index (χ1n) is 33.3. The van der Waals surface area contributed by atoms with E-state index in [1.54, 1.807) is 0 Å². The van der Waals surface area contributed by atoms with E-state index in [1.165, 1.54) is 32.1 Å². The lowest BCUT2D eigenvalue weighted by molar-refractivity contribution is -0.167. The third kappa shape index (κ3) is 67.2. The van der Waals surface area contributed by atoms with Crippen molar-refractivity contribution in [3.8, 4) is 0 Å². The second kappa shape index (κ2) is 69.0. The van der Waals surface area contributed by atoms with E-state index in [0.717, 1.165) is 193 Å². The van der Waals surface area contributed by atoms with Crippen molar-refractivity contribution in [1.82, 2.24) is 0 Å². The number of hydrogen-bond acceptors (Lipinski definition) is 6. The van der Waals surface area contributed by atoms with Crippen molar-refractivity contribution in [2.24, 2.45) is 0 Å². The molecule has 0 aliphatic heterocycles. The molecule has 0 aliphatic carbocycles. The number of carbonyl (C=O) groups is 3. The molecule has 0 fully saturated rings. The van der Waals surface area contributed by atoms with Crippen molar-refractivity contribution in [2.75, 3.05) is 13.2 Å². The zero-order valence-electron chi connectivity index (χ0n) is 53.1. The maximum Gasteiger partial charge on any atom is 0.306 e. The lowest BCUT2D eigenvalue weighted by Crippen LogP contribution is -2.30. The molecule has 0 bridgehead atoms. The van der Waals surface area contributed by atoms with E-state index in [0.29, 0.717) is 12.8 Å².